The molecule has 76 valence electrons. The van der Waals surface area contributed by atoms with Crippen LogP contribution in [0.3, 0.4) is 0 Å². The van der Waals surface area contributed by atoms with Crippen molar-refractivity contribution < 1.29 is 4.79 Å². The van der Waals surface area contributed by atoms with Crippen LogP contribution in [0, 0.1) is 6.92 Å². The van der Waals surface area contributed by atoms with Crippen LogP contribution in [-0.4, -0.2) is 15.6 Å². The van der Waals surface area contributed by atoms with E-state index in [1.54, 1.807) is 13.0 Å². The van der Waals surface area contributed by atoms with Gasteiger partial charge in [0.05, 0.1) is 5.69 Å². The van der Waals surface area contributed by atoms with Gasteiger partial charge >= 0.3 is 0 Å². The van der Waals surface area contributed by atoms with Crippen molar-refractivity contribution in [3.63, 3.8) is 0 Å². The van der Waals surface area contributed by atoms with Crippen LogP contribution in [0.1, 0.15) is 25.5 Å². The zero-order valence-electron chi connectivity index (χ0n) is 8.49. The van der Waals surface area contributed by atoms with Gasteiger partial charge in [-0.25, -0.2) is 4.68 Å². The van der Waals surface area contributed by atoms with Crippen LogP contribution in [0.4, 0.5) is 0 Å². The second-order valence-corrected chi connectivity index (χ2v) is 3.26. The first-order chi connectivity index (χ1) is 6.63. The van der Waals surface area contributed by atoms with Gasteiger partial charge in [-0.1, -0.05) is 6.92 Å². The quantitative estimate of drug-likeness (QED) is 0.716. The van der Waals surface area contributed by atoms with E-state index in [0.717, 1.165) is 12.1 Å². The Labute approximate surface area is 82.6 Å². The lowest BCUT2D eigenvalue weighted by molar-refractivity contribution is -0.119. The standard InChI is InChI=1S/C10H14N2O2/c1-3-4-9(13)7-12-10(14)6-5-8(2)11-12/h5-6H,3-4,7H2,1-2H3. The zero-order valence-corrected chi connectivity index (χ0v) is 8.49. The van der Waals surface area contributed by atoms with Gasteiger partial charge in [0.15, 0.2) is 5.78 Å². The van der Waals surface area contributed by atoms with Crippen LogP contribution in [-0.2, 0) is 11.3 Å². The molecular formula is C10H14N2O2. The van der Waals surface area contributed by atoms with Crippen LogP contribution in [0.2, 0.25) is 0 Å². The van der Waals surface area contributed by atoms with Crippen molar-refractivity contribution in [1.29, 1.82) is 0 Å². The first-order valence-electron chi connectivity index (χ1n) is 4.70. The Bertz CT molecular complexity index is 382. The van der Waals surface area contributed by atoms with Crippen molar-refractivity contribution in [2.45, 2.75) is 33.2 Å². The average molecular weight is 194 g/mol. The van der Waals surface area contributed by atoms with E-state index in [2.05, 4.69) is 5.10 Å². The highest BCUT2D eigenvalue weighted by Gasteiger charge is 2.04. The van der Waals surface area contributed by atoms with Gasteiger partial charge < -0.3 is 0 Å². The normalized spacial score (nSPS) is 10.1. The van der Waals surface area contributed by atoms with Gasteiger partial charge in [0.1, 0.15) is 6.54 Å². The Balaban J connectivity index is 2.81. The van der Waals surface area contributed by atoms with Crippen molar-refractivity contribution in [2.75, 3.05) is 0 Å². The Morgan fingerprint density at radius 3 is 2.86 bits per heavy atom. The molecule has 0 aliphatic carbocycles. The van der Waals surface area contributed by atoms with Crippen molar-refractivity contribution >= 4 is 5.78 Å². The van der Waals surface area contributed by atoms with Gasteiger partial charge in [-0.15, -0.1) is 0 Å². The summed E-state index contributed by atoms with van der Waals surface area (Å²) in [6.45, 7) is 3.82. The molecular weight excluding hydrogens is 180 g/mol. The lowest BCUT2D eigenvalue weighted by atomic mass is 10.2. The minimum Gasteiger partial charge on any atom is -0.298 e. The van der Waals surface area contributed by atoms with E-state index in [1.165, 1.54) is 10.7 Å². The summed E-state index contributed by atoms with van der Waals surface area (Å²) in [4.78, 5) is 22.5. The summed E-state index contributed by atoms with van der Waals surface area (Å²) in [5.41, 5.74) is 0.522. The fraction of sp³-hybridized carbons (Fsp3) is 0.500. The van der Waals surface area contributed by atoms with E-state index < -0.39 is 0 Å². The van der Waals surface area contributed by atoms with Crippen molar-refractivity contribution in [3.05, 3.63) is 28.2 Å². The molecule has 0 unspecified atom stereocenters. The molecule has 1 heterocycles. The molecule has 0 bridgehead atoms. The minimum absolute atomic E-state index is 0.0488. The predicted octanol–water partition coefficient (Wildman–Crippen LogP) is 0.921. The minimum atomic E-state index is -0.222. The molecule has 0 saturated heterocycles. The number of Topliss-reactive ketones (excluding diaryl/α,β-unsaturated/α-hetero) is 1. The fourth-order valence-corrected chi connectivity index (χ4v) is 1.19. The van der Waals surface area contributed by atoms with Crippen LogP contribution in [0.15, 0.2) is 16.9 Å². The third-order valence-electron chi connectivity index (χ3n) is 1.85. The number of nitrogens with zero attached hydrogens (tertiary/aromatic N) is 2. The molecule has 0 saturated carbocycles. The summed E-state index contributed by atoms with van der Waals surface area (Å²) in [5, 5.41) is 3.98. The summed E-state index contributed by atoms with van der Waals surface area (Å²) in [7, 11) is 0. The Kier molecular flexibility index (Phi) is 3.56. The van der Waals surface area contributed by atoms with Gasteiger partial charge in [-0.2, -0.15) is 5.10 Å². The lowest BCUT2D eigenvalue weighted by Crippen LogP contribution is -2.26. The van der Waals surface area contributed by atoms with Crippen molar-refractivity contribution in [2.24, 2.45) is 0 Å². The number of aryl methyl sites for hydroxylation is 1. The molecule has 0 atom stereocenters. The maximum absolute atomic E-state index is 11.3. The van der Waals surface area contributed by atoms with Crippen molar-refractivity contribution in [3.8, 4) is 0 Å². The monoisotopic (exact) mass is 194 g/mol. The number of hydrogen-bond donors (Lipinski definition) is 0. The predicted molar refractivity (Wildman–Crippen MR) is 53.1 cm³/mol. The summed E-state index contributed by atoms with van der Waals surface area (Å²) in [6, 6.07) is 3.07. The molecule has 4 nitrogen and oxygen atoms in total. The van der Waals surface area contributed by atoms with Gasteiger partial charge in [0.2, 0.25) is 0 Å². The van der Waals surface area contributed by atoms with E-state index in [9.17, 15) is 9.59 Å². The van der Waals surface area contributed by atoms with Gasteiger partial charge in [0.25, 0.3) is 5.56 Å². The molecule has 0 spiro atoms. The first-order valence-corrected chi connectivity index (χ1v) is 4.70. The zero-order chi connectivity index (χ0) is 10.6. The summed E-state index contributed by atoms with van der Waals surface area (Å²) >= 11 is 0. The fourth-order valence-electron chi connectivity index (χ4n) is 1.19. The molecule has 0 aromatic carbocycles. The topological polar surface area (TPSA) is 52.0 Å². The van der Waals surface area contributed by atoms with Gasteiger partial charge in [0, 0.05) is 12.5 Å². The first kappa shape index (κ1) is 10.6. The number of carbonyl (C=O) groups is 1. The summed E-state index contributed by atoms with van der Waals surface area (Å²) < 4.78 is 1.22. The molecule has 0 amide bonds. The molecule has 0 N–H and O–H groups in total. The van der Waals surface area contributed by atoms with Gasteiger partial charge in [-0.3, -0.25) is 9.59 Å². The number of hydrogen-bond acceptors (Lipinski definition) is 3. The van der Waals surface area contributed by atoms with Crippen molar-refractivity contribution in [1.82, 2.24) is 9.78 Å². The van der Waals surface area contributed by atoms with E-state index in [4.69, 9.17) is 0 Å². The third kappa shape index (κ3) is 2.80. The largest absolute Gasteiger partial charge is 0.298 e. The SMILES string of the molecule is CCCC(=O)Cn1nc(C)ccc1=O. The summed E-state index contributed by atoms with van der Waals surface area (Å²) in [6.07, 6.45) is 1.31. The molecule has 0 aliphatic heterocycles. The third-order valence-corrected chi connectivity index (χ3v) is 1.85. The highest BCUT2D eigenvalue weighted by atomic mass is 16.1. The van der Waals surface area contributed by atoms with Gasteiger partial charge in [-0.05, 0) is 19.4 Å². The van der Waals surface area contributed by atoms with E-state index in [1.807, 2.05) is 6.92 Å². The second kappa shape index (κ2) is 4.69. The number of ketones is 1. The van der Waals surface area contributed by atoms with E-state index >= 15 is 0 Å². The molecule has 1 rings (SSSR count). The van der Waals surface area contributed by atoms with Crippen LogP contribution in [0.5, 0.6) is 0 Å². The Morgan fingerprint density at radius 1 is 1.50 bits per heavy atom. The maximum Gasteiger partial charge on any atom is 0.267 e. The van der Waals surface area contributed by atoms with E-state index in [-0.39, 0.29) is 17.9 Å². The smallest absolute Gasteiger partial charge is 0.267 e. The van der Waals surface area contributed by atoms with Crippen LogP contribution in [0.25, 0.3) is 0 Å². The second-order valence-electron chi connectivity index (χ2n) is 3.26. The molecule has 0 aliphatic rings. The maximum atomic E-state index is 11.3. The number of aromatic nitrogens is 2. The molecule has 0 fully saturated rings. The number of carbonyl (C=O) groups excluding carboxylic acids is 1. The number of rotatable bonds is 4. The highest BCUT2D eigenvalue weighted by Crippen LogP contribution is 1.92. The highest BCUT2D eigenvalue weighted by molar-refractivity contribution is 5.77. The van der Waals surface area contributed by atoms with E-state index in [0.29, 0.717) is 6.42 Å². The summed E-state index contributed by atoms with van der Waals surface area (Å²) in [5.74, 6) is 0.0488. The van der Waals surface area contributed by atoms with Crippen LogP contribution >= 0.6 is 0 Å². The molecule has 0 radical (unpaired) electrons. The molecule has 14 heavy (non-hydrogen) atoms. The lowest BCUT2D eigenvalue weighted by Gasteiger charge is -2.03. The molecule has 1 aromatic rings. The molecule has 4 heteroatoms. The average Bonchev–Trinajstić information content (AvgIpc) is 2.12. The Morgan fingerprint density at radius 2 is 2.21 bits per heavy atom. The Hall–Kier alpha value is -1.45. The molecule has 1 aromatic heterocycles. The van der Waals surface area contributed by atoms with Crippen LogP contribution < -0.4 is 5.56 Å².